The van der Waals surface area contributed by atoms with Crippen LogP contribution in [0.5, 0.6) is 0 Å². The van der Waals surface area contributed by atoms with Crippen molar-refractivity contribution in [2.75, 3.05) is 0 Å². The van der Waals surface area contributed by atoms with Crippen LogP contribution in [0.15, 0.2) is 143 Å². The molecular weight excluding hydrogens is 845 g/mol. The SMILES string of the molecule is CCCCn1ccnc1C=N[C@@H](C)c1ccccc1.CCCCn1ccnc1C=N[C@@H](C)c1ccccc1.CCCCn1ccnc1C=N[C@@H](C)c1ccccc1.F[B-](F)(F)F.[Fe]. The van der Waals surface area contributed by atoms with Crippen LogP contribution in [0.25, 0.3) is 0 Å². The number of unbranched alkanes of at least 4 members (excludes halogenated alkanes) is 3. The van der Waals surface area contributed by atoms with Gasteiger partial charge in [-0.05, 0) is 56.7 Å². The molecule has 0 amide bonds. The van der Waals surface area contributed by atoms with Crippen LogP contribution in [0, 0.1) is 0 Å². The van der Waals surface area contributed by atoms with Crippen molar-refractivity contribution >= 4 is 25.9 Å². The van der Waals surface area contributed by atoms with Gasteiger partial charge >= 0.3 is 7.25 Å². The van der Waals surface area contributed by atoms with Crippen molar-refractivity contribution in [3.05, 3.63) is 162 Å². The van der Waals surface area contributed by atoms with Gasteiger partial charge in [0.2, 0.25) is 0 Å². The molecule has 3 heterocycles. The summed E-state index contributed by atoms with van der Waals surface area (Å²) in [5.74, 6) is 2.82. The maximum absolute atomic E-state index is 9.75. The summed E-state index contributed by atoms with van der Waals surface area (Å²) in [5.41, 5.74) is 3.68. The third kappa shape index (κ3) is 22.0. The van der Waals surface area contributed by atoms with E-state index in [-0.39, 0.29) is 35.2 Å². The number of imidazole rings is 3. The van der Waals surface area contributed by atoms with Crippen LogP contribution in [0.4, 0.5) is 17.3 Å². The van der Waals surface area contributed by atoms with Crippen LogP contribution in [0.2, 0.25) is 0 Å². The van der Waals surface area contributed by atoms with Gasteiger partial charge < -0.3 is 31.0 Å². The molecule has 0 saturated heterocycles. The van der Waals surface area contributed by atoms with Crippen molar-refractivity contribution in [3.8, 4) is 0 Å². The zero-order valence-corrected chi connectivity index (χ0v) is 38.5. The van der Waals surface area contributed by atoms with E-state index in [0.29, 0.717) is 0 Å². The fourth-order valence-electron chi connectivity index (χ4n) is 5.89. The van der Waals surface area contributed by atoms with Gasteiger partial charge in [0, 0.05) is 73.9 Å². The first-order valence-electron chi connectivity index (χ1n) is 21.6. The molecule has 0 bridgehead atoms. The van der Waals surface area contributed by atoms with Gasteiger partial charge in [-0.3, -0.25) is 15.0 Å². The van der Waals surface area contributed by atoms with Crippen molar-refractivity contribution in [1.82, 2.24) is 28.7 Å². The maximum atomic E-state index is 9.75. The fourth-order valence-corrected chi connectivity index (χ4v) is 5.89. The smallest absolute Gasteiger partial charge is 0.418 e. The van der Waals surface area contributed by atoms with Crippen LogP contribution >= 0.6 is 0 Å². The van der Waals surface area contributed by atoms with Gasteiger partial charge in [0.25, 0.3) is 0 Å². The molecule has 3 aromatic heterocycles. The predicted octanol–water partition coefficient (Wildman–Crippen LogP) is 12.9. The summed E-state index contributed by atoms with van der Waals surface area (Å²) in [6, 6.07) is 31.5. The van der Waals surface area contributed by atoms with Crippen molar-refractivity contribution in [2.45, 2.75) is 118 Å². The largest absolute Gasteiger partial charge is 0.673 e. The quantitative estimate of drug-likeness (QED) is 0.0489. The number of hydrogen-bond acceptors (Lipinski definition) is 6. The van der Waals surface area contributed by atoms with E-state index in [1.54, 1.807) is 0 Å². The molecule has 0 N–H and O–H groups in total. The van der Waals surface area contributed by atoms with Gasteiger partial charge in [-0.25, -0.2) is 15.0 Å². The zero-order chi connectivity index (χ0) is 45.0. The summed E-state index contributed by atoms with van der Waals surface area (Å²) < 4.78 is 45.5. The first-order valence-corrected chi connectivity index (χ1v) is 21.6. The van der Waals surface area contributed by atoms with E-state index >= 15 is 0 Å². The molecule has 6 rings (SSSR count). The number of aliphatic imine (C=N–C) groups is 3. The van der Waals surface area contributed by atoms with Crippen molar-refractivity contribution < 1.29 is 34.3 Å². The first kappa shape index (κ1) is 53.7. The van der Waals surface area contributed by atoms with E-state index in [1.165, 1.54) is 55.2 Å². The Hall–Kier alpha value is -5.40. The Balaban J connectivity index is 0.000000306. The zero-order valence-electron chi connectivity index (χ0n) is 37.4. The van der Waals surface area contributed by atoms with E-state index in [1.807, 2.05) is 110 Å². The Bertz CT molecular complexity index is 1900. The summed E-state index contributed by atoms with van der Waals surface area (Å²) in [4.78, 5) is 26.8. The van der Waals surface area contributed by atoms with Crippen molar-refractivity contribution in [3.63, 3.8) is 0 Å². The molecule has 0 radical (unpaired) electrons. The van der Waals surface area contributed by atoms with Gasteiger partial charge in [0.1, 0.15) is 0 Å². The molecule has 3 atom stereocenters. The molecule has 0 aliphatic carbocycles. The molecule has 340 valence electrons. The summed E-state index contributed by atoms with van der Waals surface area (Å²) >= 11 is 0. The molecule has 3 aromatic carbocycles. The standard InChI is InChI=1S/3C16H21N3.BF4.Fe/c3*1-3-4-11-19-12-10-17-16(19)13-18-14(2)15-8-6-5-7-9-15;2-1(3,4)5;/h3*5-10,12-14H,3-4,11H2,1-2H3;;/q;;;-1;/t3*14-;;/m000../s1. The minimum Gasteiger partial charge on any atom is -0.418 e. The average molecular weight is 909 g/mol. The topological polar surface area (TPSA) is 90.5 Å². The van der Waals surface area contributed by atoms with Gasteiger partial charge in [0.05, 0.1) is 36.8 Å². The van der Waals surface area contributed by atoms with Crippen LogP contribution in [-0.4, -0.2) is 54.6 Å². The summed E-state index contributed by atoms with van der Waals surface area (Å²) in [6.07, 6.45) is 24.3. The number of nitrogens with zero attached hydrogens (tertiary/aromatic N) is 9. The third-order valence-electron chi connectivity index (χ3n) is 9.59. The Labute approximate surface area is 382 Å². The van der Waals surface area contributed by atoms with E-state index in [2.05, 4.69) is 122 Å². The average Bonchev–Trinajstić information content (AvgIpc) is 4.06. The molecule has 9 nitrogen and oxygen atoms in total. The summed E-state index contributed by atoms with van der Waals surface area (Å²) in [6.45, 7) is 15.9. The second-order valence-electron chi connectivity index (χ2n) is 14.6. The van der Waals surface area contributed by atoms with Gasteiger partial charge in [0.15, 0.2) is 17.5 Å². The van der Waals surface area contributed by atoms with Gasteiger partial charge in [-0.1, -0.05) is 131 Å². The van der Waals surface area contributed by atoms with Crippen LogP contribution in [-0.2, 0) is 36.7 Å². The number of hydrogen-bond donors (Lipinski definition) is 0. The number of aryl methyl sites for hydroxylation is 3. The predicted molar refractivity (Wildman–Crippen MR) is 249 cm³/mol. The Morgan fingerprint density at radius 1 is 0.476 bits per heavy atom. The molecular formula is C48H63BF4FeN9-. The molecule has 6 aromatic rings. The molecule has 0 unspecified atom stereocenters. The maximum Gasteiger partial charge on any atom is 0.673 e. The van der Waals surface area contributed by atoms with E-state index in [4.69, 9.17) is 0 Å². The molecule has 0 aliphatic heterocycles. The molecule has 0 spiro atoms. The Morgan fingerprint density at radius 3 is 0.937 bits per heavy atom. The number of benzene rings is 3. The molecule has 63 heavy (non-hydrogen) atoms. The molecule has 0 fully saturated rings. The second-order valence-corrected chi connectivity index (χ2v) is 14.6. The van der Waals surface area contributed by atoms with E-state index in [9.17, 15) is 17.3 Å². The molecule has 0 saturated carbocycles. The van der Waals surface area contributed by atoms with Crippen LogP contribution in [0.3, 0.4) is 0 Å². The number of rotatable bonds is 18. The van der Waals surface area contributed by atoms with Crippen LogP contribution < -0.4 is 0 Å². The van der Waals surface area contributed by atoms with Crippen molar-refractivity contribution in [1.29, 1.82) is 0 Å². The monoisotopic (exact) mass is 908 g/mol. The minimum atomic E-state index is -6.00. The van der Waals surface area contributed by atoms with Gasteiger partial charge in [-0.2, -0.15) is 0 Å². The molecule has 15 heteroatoms. The first-order chi connectivity index (χ1) is 29.9. The summed E-state index contributed by atoms with van der Waals surface area (Å²) in [5, 5.41) is 0. The molecule has 0 aliphatic rings. The van der Waals surface area contributed by atoms with E-state index < -0.39 is 7.25 Å². The van der Waals surface area contributed by atoms with Crippen LogP contribution in [0.1, 0.15) is 132 Å². The Kier molecular flexibility index (Phi) is 26.1. The minimum absolute atomic E-state index is 0. The Morgan fingerprint density at radius 2 is 0.714 bits per heavy atom. The second kappa shape index (κ2) is 30.6. The third-order valence-corrected chi connectivity index (χ3v) is 9.59. The van der Waals surface area contributed by atoms with E-state index in [0.717, 1.165) is 37.1 Å². The number of halogens is 4. The summed E-state index contributed by atoms with van der Waals surface area (Å²) in [7, 11) is -6.00. The van der Waals surface area contributed by atoms with Gasteiger partial charge in [-0.15, -0.1) is 0 Å². The number of aromatic nitrogens is 6. The van der Waals surface area contributed by atoms with Crippen molar-refractivity contribution in [2.24, 2.45) is 15.0 Å². The normalized spacial score (nSPS) is 12.7. The fraction of sp³-hybridized carbons (Fsp3) is 0.375.